The number of rotatable bonds is 7. The molecular formula is C16H24N2O2S. The lowest BCUT2D eigenvalue weighted by Crippen LogP contribution is -2.31. The van der Waals surface area contributed by atoms with Gasteiger partial charge in [0.2, 0.25) is 5.91 Å². The summed E-state index contributed by atoms with van der Waals surface area (Å²) in [6.45, 7) is 2.74. The first-order chi connectivity index (χ1) is 10.2. The minimum atomic E-state index is -0.113. The smallest absolute Gasteiger partial charge is 0.241 e. The summed E-state index contributed by atoms with van der Waals surface area (Å²) in [6, 6.07) is 7.82. The molecule has 2 rings (SSSR count). The first-order valence-electron chi connectivity index (χ1n) is 7.36. The van der Waals surface area contributed by atoms with Crippen molar-refractivity contribution in [3.05, 3.63) is 29.8 Å². The van der Waals surface area contributed by atoms with Crippen molar-refractivity contribution in [3.8, 4) is 5.75 Å². The molecule has 116 valence electrons. The van der Waals surface area contributed by atoms with Gasteiger partial charge in [-0.1, -0.05) is 12.1 Å². The number of benzene rings is 1. The minimum Gasteiger partial charge on any atom is -0.497 e. The standard InChI is InChI=1S/C16H24N2O2S/c1-12-16(19)18(10-4-5-11-21-3)15(17-12)13-6-8-14(20-2)9-7-13/h6-9,12,15,17H,4-5,10-11H2,1-3H3. The van der Waals surface area contributed by atoms with Crippen LogP contribution in [0.2, 0.25) is 0 Å². The van der Waals surface area contributed by atoms with Crippen molar-refractivity contribution in [1.29, 1.82) is 0 Å². The van der Waals surface area contributed by atoms with E-state index >= 15 is 0 Å². The van der Waals surface area contributed by atoms with E-state index in [2.05, 4.69) is 11.6 Å². The van der Waals surface area contributed by atoms with Crippen LogP contribution in [0.1, 0.15) is 31.5 Å². The third kappa shape index (κ3) is 3.92. The highest BCUT2D eigenvalue weighted by atomic mass is 32.2. The van der Waals surface area contributed by atoms with Crippen molar-refractivity contribution >= 4 is 17.7 Å². The highest BCUT2D eigenvalue weighted by Gasteiger charge is 2.36. The lowest BCUT2D eigenvalue weighted by molar-refractivity contribution is -0.129. The number of unbranched alkanes of at least 4 members (excludes halogenated alkanes) is 1. The topological polar surface area (TPSA) is 41.6 Å². The van der Waals surface area contributed by atoms with Crippen molar-refractivity contribution < 1.29 is 9.53 Å². The van der Waals surface area contributed by atoms with E-state index in [9.17, 15) is 4.79 Å². The molecule has 21 heavy (non-hydrogen) atoms. The van der Waals surface area contributed by atoms with Crippen LogP contribution in [-0.2, 0) is 4.79 Å². The van der Waals surface area contributed by atoms with Crippen LogP contribution in [0.5, 0.6) is 5.75 Å². The van der Waals surface area contributed by atoms with Gasteiger partial charge in [0.15, 0.2) is 0 Å². The molecule has 1 heterocycles. The maximum absolute atomic E-state index is 12.3. The van der Waals surface area contributed by atoms with Crippen molar-refractivity contribution in [2.24, 2.45) is 0 Å². The number of ether oxygens (including phenoxy) is 1. The summed E-state index contributed by atoms with van der Waals surface area (Å²) < 4.78 is 5.19. The van der Waals surface area contributed by atoms with Gasteiger partial charge in [-0.2, -0.15) is 11.8 Å². The average molecular weight is 308 g/mol. The SMILES string of the molecule is COc1ccc(C2NC(C)C(=O)N2CCCCSC)cc1. The van der Waals surface area contributed by atoms with E-state index in [-0.39, 0.29) is 18.1 Å². The van der Waals surface area contributed by atoms with E-state index in [0.29, 0.717) is 0 Å². The van der Waals surface area contributed by atoms with Gasteiger partial charge in [0.1, 0.15) is 11.9 Å². The summed E-state index contributed by atoms with van der Waals surface area (Å²) in [5.74, 6) is 2.18. The molecule has 1 aliphatic heterocycles. The van der Waals surface area contributed by atoms with E-state index in [1.54, 1.807) is 7.11 Å². The van der Waals surface area contributed by atoms with Gasteiger partial charge in [-0.25, -0.2) is 0 Å². The van der Waals surface area contributed by atoms with Crippen LogP contribution >= 0.6 is 11.8 Å². The Hall–Kier alpha value is -1.20. The highest BCUT2D eigenvalue weighted by Crippen LogP contribution is 2.27. The Morgan fingerprint density at radius 1 is 1.29 bits per heavy atom. The van der Waals surface area contributed by atoms with Gasteiger partial charge in [-0.3, -0.25) is 10.1 Å². The summed E-state index contributed by atoms with van der Waals surface area (Å²) in [6.07, 6.45) is 4.29. The molecule has 2 atom stereocenters. The van der Waals surface area contributed by atoms with Crippen molar-refractivity contribution in [1.82, 2.24) is 10.2 Å². The molecule has 1 aromatic carbocycles. The Labute approximate surface area is 131 Å². The molecule has 4 nitrogen and oxygen atoms in total. The fraction of sp³-hybridized carbons (Fsp3) is 0.562. The van der Waals surface area contributed by atoms with E-state index < -0.39 is 0 Å². The molecule has 0 radical (unpaired) electrons. The molecule has 0 spiro atoms. The predicted octanol–water partition coefficient (Wildman–Crippen LogP) is 2.66. The number of nitrogens with zero attached hydrogens (tertiary/aromatic N) is 1. The molecule has 0 saturated carbocycles. The van der Waals surface area contributed by atoms with Crippen LogP contribution in [-0.4, -0.2) is 42.5 Å². The van der Waals surface area contributed by atoms with Gasteiger partial charge in [0.05, 0.1) is 13.2 Å². The molecule has 0 bridgehead atoms. The predicted molar refractivity (Wildman–Crippen MR) is 87.7 cm³/mol. The Kier molecular flexibility index (Phi) is 5.94. The summed E-state index contributed by atoms with van der Waals surface area (Å²) in [5.41, 5.74) is 1.11. The van der Waals surface area contributed by atoms with Gasteiger partial charge in [-0.05, 0) is 49.5 Å². The van der Waals surface area contributed by atoms with Gasteiger partial charge in [0.25, 0.3) is 0 Å². The minimum absolute atomic E-state index is 0.0207. The second kappa shape index (κ2) is 7.71. The third-order valence-electron chi connectivity index (χ3n) is 3.80. The number of methoxy groups -OCH3 is 1. The zero-order chi connectivity index (χ0) is 15.2. The molecule has 1 saturated heterocycles. The summed E-state index contributed by atoms with van der Waals surface area (Å²) in [7, 11) is 1.66. The molecule has 1 amide bonds. The van der Waals surface area contributed by atoms with E-state index in [0.717, 1.165) is 36.5 Å². The van der Waals surface area contributed by atoms with Crippen LogP contribution in [0.3, 0.4) is 0 Å². The maximum Gasteiger partial charge on any atom is 0.241 e. The van der Waals surface area contributed by atoms with Gasteiger partial charge in [0, 0.05) is 6.54 Å². The quantitative estimate of drug-likeness (QED) is 0.786. The number of hydrogen-bond donors (Lipinski definition) is 1. The summed E-state index contributed by atoms with van der Waals surface area (Å²) in [5, 5.41) is 3.38. The highest BCUT2D eigenvalue weighted by molar-refractivity contribution is 7.98. The zero-order valence-electron chi connectivity index (χ0n) is 13.0. The molecule has 1 aliphatic rings. The lowest BCUT2D eigenvalue weighted by Gasteiger charge is -2.24. The average Bonchev–Trinajstić information content (AvgIpc) is 2.80. The second-order valence-electron chi connectivity index (χ2n) is 5.30. The second-order valence-corrected chi connectivity index (χ2v) is 6.28. The van der Waals surface area contributed by atoms with Crippen LogP contribution in [0.15, 0.2) is 24.3 Å². The van der Waals surface area contributed by atoms with Crippen molar-refractivity contribution in [2.45, 2.75) is 32.0 Å². The first kappa shape index (κ1) is 16.2. The van der Waals surface area contributed by atoms with Crippen molar-refractivity contribution in [3.63, 3.8) is 0 Å². The fourth-order valence-electron chi connectivity index (χ4n) is 2.60. The maximum atomic E-state index is 12.3. The first-order valence-corrected chi connectivity index (χ1v) is 8.76. The molecule has 0 aliphatic carbocycles. The lowest BCUT2D eigenvalue weighted by atomic mass is 10.1. The van der Waals surface area contributed by atoms with E-state index in [1.807, 2.05) is 47.9 Å². The largest absolute Gasteiger partial charge is 0.497 e. The summed E-state index contributed by atoms with van der Waals surface area (Å²) in [4.78, 5) is 14.3. The molecule has 0 aromatic heterocycles. The Bertz CT molecular complexity index is 464. The fourth-order valence-corrected chi connectivity index (χ4v) is 3.10. The monoisotopic (exact) mass is 308 g/mol. The number of nitrogens with one attached hydrogen (secondary N) is 1. The third-order valence-corrected chi connectivity index (χ3v) is 4.50. The molecule has 2 unspecified atom stereocenters. The normalized spacial score (nSPS) is 21.9. The van der Waals surface area contributed by atoms with E-state index in [4.69, 9.17) is 4.74 Å². The summed E-state index contributed by atoms with van der Waals surface area (Å²) >= 11 is 1.85. The number of carbonyl (C=O) groups is 1. The molecule has 1 fully saturated rings. The van der Waals surface area contributed by atoms with Gasteiger partial charge in [-0.15, -0.1) is 0 Å². The van der Waals surface area contributed by atoms with Crippen molar-refractivity contribution in [2.75, 3.05) is 25.7 Å². The van der Waals surface area contributed by atoms with Crippen LogP contribution < -0.4 is 10.1 Å². The molecule has 5 heteroatoms. The van der Waals surface area contributed by atoms with Crippen LogP contribution in [0.25, 0.3) is 0 Å². The number of amides is 1. The molecular weight excluding hydrogens is 284 g/mol. The molecule has 1 N–H and O–H groups in total. The van der Waals surface area contributed by atoms with Gasteiger partial charge >= 0.3 is 0 Å². The Morgan fingerprint density at radius 3 is 2.62 bits per heavy atom. The number of carbonyl (C=O) groups excluding carboxylic acids is 1. The number of thioether (sulfide) groups is 1. The van der Waals surface area contributed by atoms with Gasteiger partial charge < -0.3 is 9.64 Å². The van der Waals surface area contributed by atoms with Crippen LogP contribution in [0.4, 0.5) is 0 Å². The number of hydrogen-bond acceptors (Lipinski definition) is 4. The molecule has 1 aromatic rings. The zero-order valence-corrected chi connectivity index (χ0v) is 13.8. The Morgan fingerprint density at radius 2 is 2.00 bits per heavy atom. The van der Waals surface area contributed by atoms with E-state index in [1.165, 1.54) is 0 Å². The Balaban J connectivity index is 2.05. The van der Waals surface area contributed by atoms with Crippen LogP contribution in [0, 0.1) is 0 Å².